The predicted molar refractivity (Wildman–Crippen MR) is 99.3 cm³/mol. The first-order chi connectivity index (χ1) is 12.3. The van der Waals surface area contributed by atoms with Gasteiger partial charge in [-0.05, 0) is 29.3 Å². The molecule has 0 spiro atoms. The zero-order chi connectivity index (χ0) is 17.1. The molecule has 4 rings (SSSR count). The Morgan fingerprint density at radius 1 is 0.960 bits per heavy atom. The minimum atomic E-state index is -0.340. The van der Waals surface area contributed by atoms with Crippen molar-refractivity contribution in [1.29, 1.82) is 0 Å². The van der Waals surface area contributed by atoms with Crippen LogP contribution in [0.1, 0.15) is 17.0 Å². The Balaban J connectivity index is 1.71. The van der Waals surface area contributed by atoms with E-state index < -0.39 is 0 Å². The molecule has 1 unspecified atom stereocenters. The third-order valence-electron chi connectivity index (χ3n) is 4.43. The summed E-state index contributed by atoms with van der Waals surface area (Å²) in [5.41, 5.74) is 3.46. The van der Waals surface area contributed by atoms with Gasteiger partial charge in [0.05, 0.1) is 0 Å². The molecular weight excluding hydrogens is 313 g/mol. The van der Waals surface area contributed by atoms with Gasteiger partial charge in [-0.1, -0.05) is 48.5 Å². The van der Waals surface area contributed by atoms with Crippen molar-refractivity contribution in [2.45, 2.75) is 5.92 Å². The molecule has 0 fully saturated rings. The number of para-hydroxylation sites is 1. The molecule has 0 radical (unpaired) electrons. The summed E-state index contributed by atoms with van der Waals surface area (Å²) in [7, 11) is 0. The van der Waals surface area contributed by atoms with Crippen LogP contribution in [0.4, 0.5) is 10.2 Å². The molecule has 4 aromatic rings. The highest BCUT2D eigenvalue weighted by atomic mass is 19.1. The Hall–Kier alpha value is -3.14. The molecule has 0 aliphatic rings. The number of rotatable bonds is 5. The molecule has 0 aliphatic carbocycles. The van der Waals surface area contributed by atoms with Crippen LogP contribution in [0.25, 0.3) is 10.9 Å². The summed E-state index contributed by atoms with van der Waals surface area (Å²) in [5, 5.41) is 4.34. The fourth-order valence-corrected chi connectivity index (χ4v) is 3.19. The number of pyridine rings is 1. The monoisotopic (exact) mass is 331 g/mol. The van der Waals surface area contributed by atoms with Crippen LogP contribution in [-0.2, 0) is 0 Å². The van der Waals surface area contributed by atoms with Gasteiger partial charge in [0.1, 0.15) is 0 Å². The normalized spacial score (nSPS) is 12.2. The number of fused-ring (bicyclic) bond motifs is 1. The van der Waals surface area contributed by atoms with E-state index in [2.05, 4.69) is 39.6 Å². The fraction of sp³-hybridized carbons (Fsp3) is 0.0952. The third kappa shape index (κ3) is 3.11. The molecule has 25 heavy (non-hydrogen) atoms. The summed E-state index contributed by atoms with van der Waals surface area (Å²) in [6.07, 6.45) is 3.63. The molecule has 2 aromatic heterocycles. The lowest BCUT2D eigenvalue weighted by Gasteiger charge is -2.18. The molecule has 2 N–H and O–H groups in total. The van der Waals surface area contributed by atoms with Gasteiger partial charge >= 0.3 is 0 Å². The number of anilines is 1. The molecule has 1 atom stereocenters. The van der Waals surface area contributed by atoms with E-state index in [0.29, 0.717) is 6.54 Å². The van der Waals surface area contributed by atoms with E-state index in [-0.39, 0.29) is 17.6 Å². The topological polar surface area (TPSA) is 40.7 Å². The Kier molecular flexibility index (Phi) is 4.17. The Morgan fingerprint density at radius 2 is 1.76 bits per heavy atom. The summed E-state index contributed by atoms with van der Waals surface area (Å²) in [6.45, 7) is 0.555. The van der Waals surface area contributed by atoms with Crippen LogP contribution in [0.3, 0.4) is 0 Å². The second-order valence-electron chi connectivity index (χ2n) is 5.97. The van der Waals surface area contributed by atoms with Crippen molar-refractivity contribution in [1.82, 2.24) is 9.97 Å². The van der Waals surface area contributed by atoms with Crippen molar-refractivity contribution in [3.63, 3.8) is 0 Å². The number of H-pyrrole nitrogens is 1. The second kappa shape index (κ2) is 6.77. The average Bonchev–Trinajstić information content (AvgIpc) is 3.08. The molecule has 0 saturated heterocycles. The van der Waals surface area contributed by atoms with Gasteiger partial charge in [-0.2, -0.15) is 0 Å². The molecular formula is C21H18FN3. The third-order valence-corrected chi connectivity index (χ3v) is 4.43. The lowest BCUT2D eigenvalue weighted by molar-refractivity contribution is 0.623. The summed E-state index contributed by atoms with van der Waals surface area (Å²) in [5.74, 6) is 0.0234. The quantitative estimate of drug-likeness (QED) is 0.543. The van der Waals surface area contributed by atoms with Crippen molar-refractivity contribution in [2.75, 3.05) is 11.9 Å². The second-order valence-corrected chi connectivity index (χ2v) is 5.97. The first-order valence-corrected chi connectivity index (χ1v) is 8.28. The summed E-state index contributed by atoms with van der Waals surface area (Å²) < 4.78 is 13.9. The molecule has 0 bridgehead atoms. The van der Waals surface area contributed by atoms with Gasteiger partial charge in [-0.25, -0.2) is 9.37 Å². The van der Waals surface area contributed by atoms with Gasteiger partial charge in [-0.3, -0.25) is 0 Å². The standard InChI is InChI=1S/C21H18FN3/c22-19-10-6-12-23-21(19)25-13-17(15-7-2-1-3-8-15)18-14-24-20-11-5-4-9-16(18)20/h1-12,14,17,24H,13H2,(H,23,25). The van der Waals surface area contributed by atoms with E-state index in [1.165, 1.54) is 22.6 Å². The van der Waals surface area contributed by atoms with Crippen LogP contribution in [0.5, 0.6) is 0 Å². The number of aromatic amines is 1. The van der Waals surface area contributed by atoms with Crippen molar-refractivity contribution < 1.29 is 4.39 Å². The lowest BCUT2D eigenvalue weighted by atomic mass is 9.91. The number of hydrogen-bond acceptors (Lipinski definition) is 2. The molecule has 0 amide bonds. The van der Waals surface area contributed by atoms with Gasteiger partial charge < -0.3 is 10.3 Å². The molecule has 0 saturated carbocycles. The maximum absolute atomic E-state index is 13.9. The minimum Gasteiger partial charge on any atom is -0.367 e. The maximum atomic E-state index is 13.9. The van der Waals surface area contributed by atoms with Crippen molar-refractivity contribution in [3.8, 4) is 0 Å². The average molecular weight is 331 g/mol. The highest BCUT2D eigenvalue weighted by molar-refractivity contribution is 5.84. The van der Waals surface area contributed by atoms with Gasteiger partial charge in [-0.15, -0.1) is 0 Å². The molecule has 3 nitrogen and oxygen atoms in total. The van der Waals surface area contributed by atoms with Crippen LogP contribution >= 0.6 is 0 Å². The van der Waals surface area contributed by atoms with Crippen molar-refractivity contribution in [2.24, 2.45) is 0 Å². The molecule has 0 aliphatic heterocycles. The van der Waals surface area contributed by atoms with E-state index in [1.807, 2.05) is 36.5 Å². The van der Waals surface area contributed by atoms with E-state index in [9.17, 15) is 4.39 Å². The first kappa shape index (κ1) is 15.4. The molecule has 124 valence electrons. The number of benzene rings is 2. The molecule has 2 aromatic carbocycles. The van der Waals surface area contributed by atoms with Gasteiger partial charge in [0.25, 0.3) is 0 Å². The van der Waals surface area contributed by atoms with Crippen LogP contribution in [0.15, 0.2) is 79.1 Å². The predicted octanol–water partition coefficient (Wildman–Crippen LogP) is 4.95. The highest BCUT2D eigenvalue weighted by Gasteiger charge is 2.18. The molecule has 4 heteroatoms. The van der Waals surface area contributed by atoms with Crippen molar-refractivity contribution >= 4 is 16.7 Å². The highest BCUT2D eigenvalue weighted by Crippen LogP contribution is 2.31. The lowest BCUT2D eigenvalue weighted by Crippen LogP contribution is -2.15. The number of aromatic nitrogens is 2. The van der Waals surface area contributed by atoms with E-state index in [4.69, 9.17) is 0 Å². The Labute approximate surface area is 145 Å². The summed E-state index contributed by atoms with van der Waals surface area (Å²) in [6, 6.07) is 21.5. The van der Waals surface area contributed by atoms with Gasteiger partial charge in [0.2, 0.25) is 0 Å². The van der Waals surface area contributed by atoms with Gasteiger partial charge in [0.15, 0.2) is 11.6 Å². The Morgan fingerprint density at radius 3 is 2.60 bits per heavy atom. The van der Waals surface area contributed by atoms with E-state index in [1.54, 1.807) is 12.3 Å². The summed E-state index contributed by atoms with van der Waals surface area (Å²) >= 11 is 0. The fourth-order valence-electron chi connectivity index (χ4n) is 3.19. The van der Waals surface area contributed by atoms with Crippen LogP contribution in [0.2, 0.25) is 0 Å². The molecule has 2 heterocycles. The number of hydrogen-bond donors (Lipinski definition) is 2. The van der Waals surface area contributed by atoms with Crippen molar-refractivity contribution in [3.05, 3.63) is 96.1 Å². The first-order valence-electron chi connectivity index (χ1n) is 8.28. The maximum Gasteiger partial charge on any atom is 0.165 e. The number of nitrogens with one attached hydrogen (secondary N) is 2. The van der Waals surface area contributed by atoms with Gasteiger partial charge in [0, 0.05) is 35.8 Å². The zero-order valence-corrected chi connectivity index (χ0v) is 13.6. The van der Waals surface area contributed by atoms with Crippen LogP contribution < -0.4 is 5.32 Å². The van der Waals surface area contributed by atoms with Crippen LogP contribution in [0, 0.1) is 5.82 Å². The largest absolute Gasteiger partial charge is 0.367 e. The number of halogens is 1. The smallest absolute Gasteiger partial charge is 0.165 e. The van der Waals surface area contributed by atoms with E-state index >= 15 is 0 Å². The summed E-state index contributed by atoms with van der Waals surface area (Å²) in [4.78, 5) is 7.42. The minimum absolute atomic E-state index is 0.0822. The Bertz CT molecular complexity index is 979. The van der Waals surface area contributed by atoms with E-state index in [0.717, 1.165) is 5.52 Å². The number of nitrogens with zero attached hydrogens (tertiary/aromatic N) is 1. The zero-order valence-electron chi connectivity index (χ0n) is 13.6. The SMILES string of the molecule is Fc1cccnc1NCC(c1ccccc1)c1c[nH]c2ccccc12. The van der Waals surface area contributed by atoms with Crippen LogP contribution in [-0.4, -0.2) is 16.5 Å².